The third kappa shape index (κ3) is 4.73. The van der Waals surface area contributed by atoms with Crippen molar-refractivity contribution >= 4 is 17.6 Å². The van der Waals surface area contributed by atoms with Crippen LogP contribution in [0, 0.1) is 0 Å². The summed E-state index contributed by atoms with van der Waals surface area (Å²) in [5, 5.41) is 12.0. The molecule has 3 aromatic rings. The molecule has 0 heterocycles. The molecule has 0 aliphatic rings. The van der Waals surface area contributed by atoms with E-state index < -0.39 is 18.0 Å². The van der Waals surface area contributed by atoms with Crippen LogP contribution in [0.1, 0.15) is 17.3 Å². The van der Waals surface area contributed by atoms with Crippen molar-refractivity contribution in [2.45, 2.75) is 13.0 Å². The molecule has 136 valence electrons. The van der Waals surface area contributed by atoms with Crippen LogP contribution in [-0.4, -0.2) is 23.1 Å². The van der Waals surface area contributed by atoms with E-state index in [2.05, 4.69) is 5.32 Å². The van der Waals surface area contributed by atoms with Crippen LogP contribution < -0.4 is 5.32 Å². The Bertz CT molecular complexity index is 919. The lowest BCUT2D eigenvalue weighted by Gasteiger charge is -2.13. The number of amides is 1. The molecule has 3 aromatic carbocycles. The van der Waals surface area contributed by atoms with Gasteiger partial charge in [0.05, 0.1) is 5.56 Å². The van der Waals surface area contributed by atoms with Gasteiger partial charge in [-0.1, -0.05) is 42.5 Å². The lowest BCUT2D eigenvalue weighted by atomic mass is 10.0. The zero-order valence-electron chi connectivity index (χ0n) is 14.8. The number of rotatable bonds is 5. The number of carbonyl (C=O) groups excluding carboxylic acids is 2. The molecule has 1 amide bonds. The summed E-state index contributed by atoms with van der Waals surface area (Å²) < 4.78 is 5.25. The number of para-hydroxylation sites is 1. The smallest absolute Gasteiger partial charge is 0.338 e. The van der Waals surface area contributed by atoms with E-state index in [9.17, 15) is 14.7 Å². The van der Waals surface area contributed by atoms with E-state index in [1.807, 2.05) is 18.2 Å². The summed E-state index contributed by atoms with van der Waals surface area (Å²) in [6.07, 6.45) is -0.922. The molecule has 27 heavy (non-hydrogen) atoms. The maximum atomic E-state index is 12.3. The number of esters is 1. The van der Waals surface area contributed by atoms with Crippen LogP contribution in [0.4, 0.5) is 5.69 Å². The predicted octanol–water partition coefficient (Wildman–Crippen LogP) is 4.24. The first kappa shape index (κ1) is 18.2. The minimum atomic E-state index is -0.922. The summed E-state index contributed by atoms with van der Waals surface area (Å²) in [5.74, 6) is -0.764. The topological polar surface area (TPSA) is 75.6 Å². The zero-order valence-corrected chi connectivity index (χ0v) is 14.8. The second-order valence-electron chi connectivity index (χ2n) is 6.03. The largest absolute Gasteiger partial charge is 0.508 e. The van der Waals surface area contributed by atoms with Gasteiger partial charge in [0.25, 0.3) is 5.91 Å². The van der Waals surface area contributed by atoms with Crippen LogP contribution >= 0.6 is 0 Å². The van der Waals surface area contributed by atoms with Crippen LogP contribution in [0.3, 0.4) is 0 Å². The molecule has 0 bridgehead atoms. The number of phenols is 1. The Morgan fingerprint density at radius 2 is 1.41 bits per heavy atom. The quantitative estimate of drug-likeness (QED) is 0.667. The number of nitrogens with one attached hydrogen (secondary N) is 1. The van der Waals surface area contributed by atoms with Gasteiger partial charge in [-0.2, -0.15) is 0 Å². The highest BCUT2D eigenvalue weighted by molar-refractivity contribution is 5.97. The van der Waals surface area contributed by atoms with Crippen molar-refractivity contribution in [2.75, 3.05) is 5.32 Å². The Hall–Kier alpha value is -3.60. The highest BCUT2D eigenvalue weighted by Gasteiger charge is 2.19. The molecule has 3 rings (SSSR count). The first-order chi connectivity index (χ1) is 13.0. The lowest BCUT2D eigenvalue weighted by Crippen LogP contribution is -2.29. The molecule has 5 nitrogen and oxygen atoms in total. The molecular weight excluding hydrogens is 342 g/mol. The van der Waals surface area contributed by atoms with Crippen LogP contribution in [0.15, 0.2) is 78.9 Å². The van der Waals surface area contributed by atoms with E-state index in [-0.39, 0.29) is 5.75 Å². The van der Waals surface area contributed by atoms with Crippen LogP contribution in [-0.2, 0) is 9.53 Å². The van der Waals surface area contributed by atoms with Gasteiger partial charge in [-0.05, 0) is 54.4 Å². The molecule has 0 spiro atoms. The number of aromatic hydroxyl groups is 1. The van der Waals surface area contributed by atoms with Crippen molar-refractivity contribution in [1.29, 1.82) is 0 Å². The first-order valence-corrected chi connectivity index (χ1v) is 8.49. The second-order valence-corrected chi connectivity index (χ2v) is 6.03. The van der Waals surface area contributed by atoms with Crippen LogP contribution in [0.5, 0.6) is 5.75 Å². The Balaban J connectivity index is 1.62. The highest BCUT2D eigenvalue weighted by atomic mass is 16.5. The van der Waals surface area contributed by atoms with Crippen molar-refractivity contribution in [3.05, 3.63) is 84.4 Å². The average Bonchev–Trinajstić information content (AvgIpc) is 2.69. The monoisotopic (exact) mass is 361 g/mol. The Kier molecular flexibility index (Phi) is 5.52. The summed E-state index contributed by atoms with van der Waals surface area (Å²) in [6.45, 7) is 1.53. The van der Waals surface area contributed by atoms with Crippen molar-refractivity contribution in [3.8, 4) is 16.9 Å². The number of carbonyl (C=O) groups is 2. The third-order valence-corrected chi connectivity index (χ3v) is 4.02. The number of phenolic OH excluding ortho intramolecular Hbond substituents is 1. The summed E-state index contributed by atoms with van der Waals surface area (Å²) in [7, 11) is 0. The van der Waals surface area contributed by atoms with Gasteiger partial charge in [-0.25, -0.2) is 4.79 Å². The summed E-state index contributed by atoms with van der Waals surface area (Å²) in [5.41, 5.74) is 2.82. The third-order valence-electron chi connectivity index (χ3n) is 4.02. The fourth-order valence-electron chi connectivity index (χ4n) is 2.50. The van der Waals surface area contributed by atoms with Gasteiger partial charge in [0.1, 0.15) is 5.75 Å². The molecule has 0 saturated heterocycles. The van der Waals surface area contributed by atoms with E-state index in [1.54, 1.807) is 60.7 Å². The molecule has 0 aromatic heterocycles. The van der Waals surface area contributed by atoms with Gasteiger partial charge in [0.15, 0.2) is 6.10 Å². The van der Waals surface area contributed by atoms with Gasteiger partial charge in [0.2, 0.25) is 0 Å². The minimum Gasteiger partial charge on any atom is -0.508 e. The summed E-state index contributed by atoms with van der Waals surface area (Å²) in [6, 6.07) is 22.6. The number of hydrogen-bond acceptors (Lipinski definition) is 4. The van der Waals surface area contributed by atoms with Crippen molar-refractivity contribution in [2.24, 2.45) is 0 Å². The van der Waals surface area contributed by atoms with Gasteiger partial charge >= 0.3 is 5.97 Å². The normalized spacial score (nSPS) is 11.4. The van der Waals surface area contributed by atoms with Gasteiger partial charge in [-0.3, -0.25) is 4.79 Å². The molecule has 0 saturated carbocycles. The molecular formula is C22H19NO4. The van der Waals surface area contributed by atoms with E-state index >= 15 is 0 Å². The molecule has 0 aliphatic heterocycles. The van der Waals surface area contributed by atoms with E-state index in [1.165, 1.54) is 6.92 Å². The minimum absolute atomic E-state index is 0.196. The predicted molar refractivity (Wildman–Crippen MR) is 103 cm³/mol. The SMILES string of the molecule is C[C@H](OC(=O)c1ccc(-c2ccc(O)cc2)cc1)C(=O)Nc1ccccc1. The fraction of sp³-hybridized carbons (Fsp3) is 0.0909. The maximum Gasteiger partial charge on any atom is 0.338 e. The molecule has 5 heteroatoms. The standard InChI is InChI=1S/C22H19NO4/c1-15(21(25)23-19-5-3-2-4-6-19)27-22(26)18-9-7-16(8-10-18)17-11-13-20(24)14-12-17/h2-15,24H,1H3,(H,23,25)/t15-/m0/s1. The molecule has 2 N–H and O–H groups in total. The Morgan fingerprint density at radius 1 is 0.852 bits per heavy atom. The van der Waals surface area contributed by atoms with Crippen LogP contribution in [0.25, 0.3) is 11.1 Å². The van der Waals surface area contributed by atoms with E-state index in [4.69, 9.17) is 4.74 Å². The van der Waals surface area contributed by atoms with Crippen molar-refractivity contribution in [3.63, 3.8) is 0 Å². The number of hydrogen-bond donors (Lipinski definition) is 2. The molecule has 0 fully saturated rings. The number of ether oxygens (including phenoxy) is 1. The van der Waals surface area contributed by atoms with E-state index in [0.29, 0.717) is 11.3 Å². The average molecular weight is 361 g/mol. The highest BCUT2D eigenvalue weighted by Crippen LogP contribution is 2.22. The van der Waals surface area contributed by atoms with E-state index in [0.717, 1.165) is 11.1 Å². The Morgan fingerprint density at radius 3 is 2.00 bits per heavy atom. The van der Waals surface area contributed by atoms with Gasteiger partial charge in [-0.15, -0.1) is 0 Å². The van der Waals surface area contributed by atoms with Gasteiger partial charge in [0, 0.05) is 5.69 Å². The van der Waals surface area contributed by atoms with Crippen molar-refractivity contribution in [1.82, 2.24) is 0 Å². The Labute approximate surface area is 157 Å². The number of benzene rings is 3. The second kappa shape index (κ2) is 8.19. The molecule has 1 atom stereocenters. The fourth-order valence-corrected chi connectivity index (χ4v) is 2.50. The van der Waals surface area contributed by atoms with Crippen LogP contribution in [0.2, 0.25) is 0 Å². The molecule has 0 radical (unpaired) electrons. The first-order valence-electron chi connectivity index (χ1n) is 8.49. The lowest BCUT2D eigenvalue weighted by molar-refractivity contribution is -0.123. The molecule has 0 unspecified atom stereocenters. The summed E-state index contributed by atoms with van der Waals surface area (Å²) in [4.78, 5) is 24.4. The van der Waals surface area contributed by atoms with Gasteiger partial charge < -0.3 is 15.2 Å². The molecule has 0 aliphatic carbocycles. The summed E-state index contributed by atoms with van der Waals surface area (Å²) >= 11 is 0. The maximum absolute atomic E-state index is 12.3. The zero-order chi connectivity index (χ0) is 19.2. The number of anilines is 1. The van der Waals surface area contributed by atoms with Crippen molar-refractivity contribution < 1.29 is 19.4 Å².